The molecular weight excluding hydrogens is 357 g/mol. The molecule has 6 heteroatoms. The molecule has 0 atom stereocenters. The van der Waals surface area contributed by atoms with E-state index in [1.54, 1.807) is 17.0 Å². The second kappa shape index (κ2) is 8.67. The van der Waals surface area contributed by atoms with Gasteiger partial charge < -0.3 is 14.4 Å². The largest absolute Gasteiger partial charge is 0.460 e. The first-order valence-electron chi connectivity index (χ1n) is 8.55. The Morgan fingerprint density at radius 2 is 1.92 bits per heavy atom. The van der Waals surface area contributed by atoms with Crippen LogP contribution in [0, 0.1) is 0 Å². The normalized spacial score (nSPS) is 14.8. The van der Waals surface area contributed by atoms with Crippen LogP contribution in [0.3, 0.4) is 0 Å². The number of para-hydroxylation sites is 1. The maximum atomic E-state index is 12.5. The number of ether oxygens (including phenoxy) is 2. The van der Waals surface area contributed by atoms with Crippen LogP contribution >= 0.6 is 0 Å². The number of amides is 1. The molecule has 0 bridgehead atoms. The summed E-state index contributed by atoms with van der Waals surface area (Å²) >= 11 is 0. The molecule has 1 radical (unpaired) electrons. The zero-order valence-corrected chi connectivity index (χ0v) is 18.0. The molecule has 0 spiro atoms. The summed E-state index contributed by atoms with van der Waals surface area (Å²) in [5, 5.41) is 0. The molecule has 1 amide bonds. The summed E-state index contributed by atoms with van der Waals surface area (Å²) < 4.78 is 11.3. The van der Waals surface area contributed by atoms with Gasteiger partial charge in [0, 0.05) is 76.3 Å². The number of fused-ring (bicyclic) bond motifs is 2. The van der Waals surface area contributed by atoms with Crippen LogP contribution in [0.1, 0.15) is 34.3 Å². The Morgan fingerprint density at radius 3 is 2.73 bits per heavy atom. The van der Waals surface area contributed by atoms with E-state index in [0.29, 0.717) is 30.7 Å². The van der Waals surface area contributed by atoms with Crippen LogP contribution in [0.4, 0.5) is 0 Å². The zero-order chi connectivity index (χ0) is 17.2. The molecule has 1 fully saturated rings. The van der Waals surface area contributed by atoms with Gasteiger partial charge in [-0.2, -0.15) is 0 Å². The van der Waals surface area contributed by atoms with Gasteiger partial charge in [-0.1, -0.05) is 24.3 Å². The van der Waals surface area contributed by atoms with E-state index in [9.17, 15) is 9.59 Å². The van der Waals surface area contributed by atoms with Gasteiger partial charge in [-0.15, -0.1) is 0 Å². The molecule has 2 aliphatic heterocycles. The fraction of sp³-hybridized carbons (Fsp3) is 0.300. The van der Waals surface area contributed by atoms with Crippen LogP contribution in [0.5, 0.6) is 11.5 Å². The number of rotatable bonds is 4. The average Bonchev–Trinajstić information content (AvgIpc) is 3.04. The maximum Gasteiger partial charge on any atom is 0.338 e. The molecule has 2 aromatic carbocycles. The van der Waals surface area contributed by atoms with Gasteiger partial charge in [0.05, 0.1) is 12.1 Å². The average molecular weight is 376 g/mol. The fourth-order valence-electron chi connectivity index (χ4n) is 3.36. The minimum absolute atomic E-state index is 0. The minimum atomic E-state index is -0.369. The number of esters is 1. The van der Waals surface area contributed by atoms with Gasteiger partial charge in [0.2, 0.25) is 5.91 Å². The van der Waals surface area contributed by atoms with Crippen molar-refractivity contribution in [1.29, 1.82) is 0 Å². The van der Waals surface area contributed by atoms with Gasteiger partial charge in [0.1, 0.15) is 18.1 Å². The van der Waals surface area contributed by atoms with Crippen LogP contribution in [-0.2, 0) is 16.0 Å². The summed E-state index contributed by atoms with van der Waals surface area (Å²) in [5.74, 6) is 1.29. The van der Waals surface area contributed by atoms with E-state index in [4.69, 9.17) is 9.47 Å². The summed E-state index contributed by atoms with van der Waals surface area (Å²) in [5.41, 5.74) is 2.43. The van der Waals surface area contributed by atoms with Crippen molar-refractivity contribution in [2.75, 3.05) is 19.7 Å². The first kappa shape index (κ1) is 19.6. The van der Waals surface area contributed by atoms with Gasteiger partial charge in [-0.3, -0.25) is 4.79 Å². The van der Waals surface area contributed by atoms with Crippen LogP contribution < -0.4 is 4.74 Å². The number of carbonyl (C=O) groups is 2. The Labute approximate surface area is 195 Å². The molecule has 0 aliphatic carbocycles. The smallest absolute Gasteiger partial charge is 0.338 e. The molecule has 129 valence electrons. The summed E-state index contributed by atoms with van der Waals surface area (Å²) in [6.07, 6.45) is 2.12. The topological polar surface area (TPSA) is 55.8 Å². The summed E-state index contributed by atoms with van der Waals surface area (Å²) in [6, 6.07) is 13.2. The second-order valence-corrected chi connectivity index (χ2v) is 6.29. The van der Waals surface area contributed by atoms with E-state index in [-0.39, 0.29) is 69.9 Å². The standard InChI is InChI=1S/C20H19NO4.K/c22-19-9-4-10-21(19)11-12-24-20(23)15-6-3-8-18-16(15)13-14-5-1-2-7-17(14)25-18;/h1-3,5-8H,4,9-13H2;. The second-order valence-electron chi connectivity index (χ2n) is 6.29. The Bertz CT molecular complexity index is 836. The molecule has 2 heterocycles. The Hall–Kier alpha value is -1.18. The molecule has 2 aromatic rings. The van der Waals surface area contributed by atoms with Gasteiger partial charge in [0.25, 0.3) is 0 Å². The molecule has 26 heavy (non-hydrogen) atoms. The van der Waals surface area contributed by atoms with Gasteiger partial charge >= 0.3 is 5.97 Å². The number of hydrogen-bond donors (Lipinski definition) is 0. The maximum absolute atomic E-state index is 12.5. The number of nitrogens with zero attached hydrogens (tertiary/aromatic N) is 1. The molecule has 5 nitrogen and oxygen atoms in total. The molecule has 0 aromatic heterocycles. The van der Waals surface area contributed by atoms with E-state index in [2.05, 4.69) is 0 Å². The minimum Gasteiger partial charge on any atom is -0.460 e. The Balaban J connectivity index is 0.00000196. The Kier molecular flexibility index (Phi) is 6.53. The van der Waals surface area contributed by atoms with Gasteiger partial charge in [-0.05, 0) is 30.2 Å². The SMILES string of the molecule is O=C(OCCN1CCCC1=O)c1cccc2c1Cc1ccccc1O2.[K]. The quantitative estimate of drug-likeness (QED) is 0.519. The van der Waals surface area contributed by atoms with Crippen molar-refractivity contribution < 1.29 is 19.1 Å². The summed E-state index contributed by atoms with van der Waals surface area (Å²) in [4.78, 5) is 25.8. The van der Waals surface area contributed by atoms with E-state index in [1.165, 1.54) is 0 Å². The number of hydrogen-bond acceptors (Lipinski definition) is 4. The van der Waals surface area contributed by atoms with Crippen molar-refractivity contribution in [3.05, 3.63) is 59.2 Å². The monoisotopic (exact) mass is 376 g/mol. The Morgan fingerprint density at radius 1 is 1.12 bits per heavy atom. The molecule has 1 saturated heterocycles. The first-order chi connectivity index (χ1) is 12.2. The third-order valence-corrected chi connectivity index (χ3v) is 4.68. The molecule has 0 unspecified atom stereocenters. The van der Waals surface area contributed by atoms with Crippen LogP contribution in [0.25, 0.3) is 0 Å². The van der Waals surface area contributed by atoms with Crippen molar-refractivity contribution in [1.82, 2.24) is 4.90 Å². The van der Waals surface area contributed by atoms with Crippen molar-refractivity contribution in [2.24, 2.45) is 0 Å². The van der Waals surface area contributed by atoms with Gasteiger partial charge in [-0.25, -0.2) is 4.79 Å². The van der Waals surface area contributed by atoms with Crippen molar-refractivity contribution >= 4 is 63.3 Å². The predicted molar refractivity (Wildman–Crippen MR) is 97.6 cm³/mol. The van der Waals surface area contributed by atoms with Crippen molar-refractivity contribution in [2.45, 2.75) is 19.3 Å². The van der Waals surface area contributed by atoms with E-state index in [1.807, 2.05) is 30.3 Å². The van der Waals surface area contributed by atoms with E-state index < -0.39 is 0 Å². The first-order valence-corrected chi connectivity index (χ1v) is 8.55. The van der Waals surface area contributed by atoms with E-state index >= 15 is 0 Å². The fourth-order valence-corrected chi connectivity index (χ4v) is 3.36. The van der Waals surface area contributed by atoms with Crippen LogP contribution in [0.2, 0.25) is 0 Å². The third kappa shape index (κ3) is 4.04. The molecule has 4 rings (SSSR count). The number of carbonyl (C=O) groups excluding carboxylic acids is 2. The van der Waals surface area contributed by atoms with Crippen molar-refractivity contribution in [3.63, 3.8) is 0 Å². The van der Waals surface area contributed by atoms with Crippen LogP contribution in [0.15, 0.2) is 42.5 Å². The summed E-state index contributed by atoms with van der Waals surface area (Å²) in [7, 11) is 0. The van der Waals surface area contributed by atoms with Crippen molar-refractivity contribution in [3.8, 4) is 11.5 Å². The molecule has 0 N–H and O–H groups in total. The number of likely N-dealkylation sites (tertiary alicyclic amines) is 1. The zero-order valence-electron chi connectivity index (χ0n) is 14.9. The molecule has 0 saturated carbocycles. The van der Waals surface area contributed by atoms with Gasteiger partial charge in [0.15, 0.2) is 0 Å². The number of benzene rings is 2. The molecular formula is C20H19KNO4. The van der Waals surface area contributed by atoms with Crippen LogP contribution in [-0.4, -0.2) is 87.9 Å². The predicted octanol–water partition coefficient (Wildman–Crippen LogP) is 2.78. The third-order valence-electron chi connectivity index (χ3n) is 4.68. The van der Waals surface area contributed by atoms with E-state index in [0.717, 1.165) is 29.8 Å². The molecule has 2 aliphatic rings. The summed E-state index contributed by atoms with van der Waals surface area (Å²) in [6.45, 7) is 1.42.